The number of hydrogen-bond donors (Lipinski definition) is 1. The smallest absolute Gasteiger partial charge is 0.421 e. The molecule has 1 N–H and O–H groups in total. The number of nitrogens with one attached hydrogen (secondary N) is 1. The molecule has 1 aromatic carbocycles. The third-order valence-corrected chi connectivity index (χ3v) is 4.81. The van der Waals surface area contributed by atoms with Gasteiger partial charge in [-0.15, -0.1) is 0 Å². The monoisotopic (exact) mass is 313 g/mol. The molecule has 1 saturated heterocycles. The third-order valence-electron chi connectivity index (χ3n) is 3.34. The highest BCUT2D eigenvalue weighted by Crippen LogP contribution is 2.18. The summed E-state index contributed by atoms with van der Waals surface area (Å²) in [6.07, 6.45) is -0.976. The number of carbonyl (C=O) groups is 1. The zero-order chi connectivity index (χ0) is 15.5. The molecule has 116 valence electrons. The van der Waals surface area contributed by atoms with Gasteiger partial charge in [0.1, 0.15) is 0 Å². The second kappa shape index (κ2) is 6.31. The predicted molar refractivity (Wildman–Crippen MR) is 79.4 cm³/mol. The van der Waals surface area contributed by atoms with Gasteiger partial charge in [0.05, 0.1) is 7.11 Å². The summed E-state index contributed by atoms with van der Waals surface area (Å²) in [5.41, 5.74) is 2.24. The Morgan fingerprint density at radius 1 is 1.24 bits per heavy atom. The van der Waals surface area contributed by atoms with Crippen molar-refractivity contribution < 1.29 is 17.9 Å². The van der Waals surface area contributed by atoms with Crippen LogP contribution in [0.1, 0.15) is 5.56 Å². The zero-order valence-corrected chi connectivity index (χ0v) is 12.9. The van der Waals surface area contributed by atoms with Gasteiger partial charge in [0.2, 0.25) is 0 Å². The Hall–Kier alpha value is -1.80. The van der Waals surface area contributed by atoms with E-state index in [-0.39, 0.29) is 0 Å². The van der Waals surface area contributed by atoms with Gasteiger partial charge in [0, 0.05) is 31.9 Å². The van der Waals surface area contributed by atoms with Crippen LogP contribution in [0.4, 0.5) is 10.5 Å². The van der Waals surface area contributed by atoms with Gasteiger partial charge in [-0.3, -0.25) is 0 Å². The van der Waals surface area contributed by atoms with E-state index >= 15 is 0 Å². The average molecular weight is 313 g/mol. The van der Waals surface area contributed by atoms with Gasteiger partial charge in [-0.1, -0.05) is 12.1 Å². The van der Waals surface area contributed by atoms with E-state index in [9.17, 15) is 13.2 Å². The molecule has 1 heterocycles. The molecule has 7 nitrogen and oxygen atoms in total. The molecule has 0 bridgehead atoms. The third kappa shape index (κ3) is 3.85. The molecule has 0 atom stereocenters. The number of piperazine rings is 1. The number of benzene rings is 1. The quantitative estimate of drug-likeness (QED) is 0.889. The lowest BCUT2D eigenvalue weighted by atomic mass is 10.2. The summed E-state index contributed by atoms with van der Waals surface area (Å²) < 4.78 is 31.3. The fourth-order valence-corrected chi connectivity index (χ4v) is 3.29. The van der Waals surface area contributed by atoms with Gasteiger partial charge in [-0.25, -0.2) is 9.52 Å². The molecule has 0 aromatic heterocycles. The van der Waals surface area contributed by atoms with Gasteiger partial charge < -0.3 is 9.64 Å². The summed E-state index contributed by atoms with van der Waals surface area (Å²) in [6, 6.07) is 8.07. The van der Waals surface area contributed by atoms with Gasteiger partial charge >= 0.3 is 16.3 Å². The molecule has 1 aliphatic heterocycles. The Labute approximate surface area is 124 Å². The highest BCUT2D eigenvalue weighted by Gasteiger charge is 2.28. The first-order valence-electron chi connectivity index (χ1n) is 6.60. The summed E-state index contributed by atoms with van der Waals surface area (Å²) in [5.74, 6) is 0. The number of carbonyl (C=O) groups excluding carboxylic acids is 1. The molecule has 21 heavy (non-hydrogen) atoms. The molecule has 0 aliphatic carbocycles. The normalized spacial score (nSPS) is 16.6. The van der Waals surface area contributed by atoms with Crippen LogP contribution in [0.15, 0.2) is 24.3 Å². The SMILES string of the molecule is COC(=O)NS(=O)(=O)N1CCN(c2cccc(C)c2)CC1. The molecule has 0 unspecified atom stereocenters. The standard InChI is InChI=1S/C13H19N3O4S/c1-11-4-3-5-12(10-11)15-6-8-16(9-7-15)21(18,19)14-13(17)20-2/h3-5,10H,6-9H2,1-2H3,(H,14,17). The van der Waals surface area contributed by atoms with Crippen molar-refractivity contribution in [2.45, 2.75) is 6.92 Å². The van der Waals surface area contributed by atoms with Gasteiger partial charge in [-0.2, -0.15) is 12.7 Å². The van der Waals surface area contributed by atoms with Crippen molar-refractivity contribution >= 4 is 22.0 Å². The largest absolute Gasteiger partial charge is 0.452 e. The first kappa shape index (κ1) is 15.6. The minimum atomic E-state index is -3.83. The number of ether oxygens (including phenoxy) is 1. The maximum atomic E-state index is 11.9. The first-order valence-corrected chi connectivity index (χ1v) is 8.04. The van der Waals surface area contributed by atoms with Crippen molar-refractivity contribution in [1.82, 2.24) is 9.03 Å². The lowest BCUT2D eigenvalue weighted by Gasteiger charge is -2.35. The summed E-state index contributed by atoms with van der Waals surface area (Å²) in [4.78, 5) is 13.2. The van der Waals surface area contributed by atoms with Crippen LogP contribution in [-0.2, 0) is 14.9 Å². The van der Waals surface area contributed by atoms with Crippen LogP contribution in [0.5, 0.6) is 0 Å². The molecule has 0 radical (unpaired) electrons. The molecule has 1 aromatic rings. The topological polar surface area (TPSA) is 78.9 Å². The predicted octanol–water partition coefficient (Wildman–Crippen LogP) is 0.718. The number of hydrogen-bond acceptors (Lipinski definition) is 5. The number of rotatable bonds is 3. The average Bonchev–Trinajstić information content (AvgIpc) is 2.47. The Morgan fingerprint density at radius 2 is 1.90 bits per heavy atom. The van der Waals surface area contributed by atoms with E-state index in [2.05, 4.69) is 15.7 Å². The summed E-state index contributed by atoms with van der Waals surface area (Å²) in [6.45, 7) is 3.81. The van der Waals surface area contributed by atoms with Crippen molar-refractivity contribution in [2.24, 2.45) is 0 Å². The maximum absolute atomic E-state index is 11.9. The first-order chi connectivity index (χ1) is 9.92. The lowest BCUT2D eigenvalue weighted by molar-refractivity contribution is 0.177. The van der Waals surface area contributed by atoms with Crippen LogP contribution in [0.2, 0.25) is 0 Å². The van der Waals surface area contributed by atoms with Crippen LogP contribution in [-0.4, -0.2) is 52.1 Å². The number of anilines is 1. The minimum Gasteiger partial charge on any atom is -0.452 e. The fraction of sp³-hybridized carbons (Fsp3) is 0.462. The van der Waals surface area contributed by atoms with E-state index in [0.29, 0.717) is 26.2 Å². The van der Waals surface area contributed by atoms with E-state index in [1.807, 2.05) is 29.8 Å². The molecule has 0 saturated carbocycles. The highest BCUT2D eigenvalue weighted by molar-refractivity contribution is 7.87. The maximum Gasteiger partial charge on any atom is 0.421 e. The van der Waals surface area contributed by atoms with E-state index in [4.69, 9.17) is 0 Å². The second-order valence-electron chi connectivity index (χ2n) is 4.82. The second-order valence-corrected chi connectivity index (χ2v) is 6.49. The van der Waals surface area contributed by atoms with Gasteiger partial charge in [-0.05, 0) is 24.6 Å². The van der Waals surface area contributed by atoms with Crippen LogP contribution < -0.4 is 9.62 Å². The molecule has 1 fully saturated rings. The highest BCUT2D eigenvalue weighted by atomic mass is 32.2. The molecule has 2 rings (SSSR count). The van der Waals surface area contributed by atoms with Gasteiger partial charge in [0.25, 0.3) is 0 Å². The van der Waals surface area contributed by atoms with Crippen LogP contribution in [0, 0.1) is 6.92 Å². The zero-order valence-electron chi connectivity index (χ0n) is 12.1. The van der Waals surface area contributed by atoms with Crippen molar-refractivity contribution in [3.63, 3.8) is 0 Å². The number of methoxy groups -OCH3 is 1. The Balaban J connectivity index is 1.98. The number of nitrogens with zero attached hydrogens (tertiary/aromatic N) is 2. The summed E-state index contributed by atoms with van der Waals surface area (Å²) in [5, 5.41) is 0. The molecular formula is C13H19N3O4S. The number of aryl methyl sites for hydroxylation is 1. The van der Waals surface area contributed by atoms with E-state index < -0.39 is 16.3 Å². The van der Waals surface area contributed by atoms with Crippen molar-refractivity contribution in [2.75, 3.05) is 38.2 Å². The Bertz CT molecular complexity index is 610. The van der Waals surface area contributed by atoms with Gasteiger partial charge in [0.15, 0.2) is 0 Å². The molecule has 0 spiro atoms. The molecule has 1 aliphatic rings. The Morgan fingerprint density at radius 3 is 2.48 bits per heavy atom. The minimum absolute atomic E-state index is 0.320. The van der Waals surface area contributed by atoms with Crippen LogP contribution in [0.3, 0.4) is 0 Å². The molecule has 1 amide bonds. The molecule has 8 heteroatoms. The van der Waals surface area contributed by atoms with E-state index in [1.165, 1.54) is 4.31 Å². The Kier molecular flexibility index (Phi) is 4.69. The lowest BCUT2D eigenvalue weighted by Crippen LogP contribution is -2.53. The van der Waals surface area contributed by atoms with Crippen LogP contribution >= 0.6 is 0 Å². The van der Waals surface area contributed by atoms with Crippen molar-refractivity contribution in [1.29, 1.82) is 0 Å². The van der Waals surface area contributed by atoms with Crippen LogP contribution in [0.25, 0.3) is 0 Å². The summed E-state index contributed by atoms with van der Waals surface area (Å²) in [7, 11) is -2.70. The van der Waals surface area contributed by atoms with E-state index in [0.717, 1.165) is 18.4 Å². The van der Waals surface area contributed by atoms with Crippen molar-refractivity contribution in [3.05, 3.63) is 29.8 Å². The molecular weight excluding hydrogens is 294 g/mol. The summed E-state index contributed by atoms with van der Waals surface area (Å²) >= 11 is 0. The van der Waals surface area contributed by atoms with Crippen molar-refractivity contribution in [3.8, 4) is 0 Å². The number of amides is 1. The van der Waals surface area contributed by atoms with E-state index in [1.54, 1.807) is 0 Å². The fourth-order valence-electron chi connectivity index (χ4n) is 2.22.